The van der Waals surface area contributed by atoms with Gasteiger partial charge in [0, 0.05) is 35.8 Å². The van der Waals surface area contributed by atoms with Gasteiger partial charge in [0.25, 0.3) is 0 Å². The van der Waals surface area contributed by atoms with Crippen LogP contribution in [-0.4, -0.2) is 106 Å². The zero-order valence-electron chi connectivity index (χ0n) is 30.1. The number of hydrogen-bond donors (Lipinski definition) is 2. The van der Waals surface area contributed by atoms with Crippen molar-refractivity contribution in [3.05, 3.63) is 68.8 Å². The minimum Gasteiger partial charge on any atom is -0.460 e. The van der Waals surface area contributed by atoms with E-state index in [0.29, 0.717) is 32.2 Å². The second kappa shape index (κ2) is 13.9. The molecule has 0 aromatic heterocycles. The highest BCUT2D eigenvalue weighted by atomic mass is 127. The van der Waals surface area contributed by atoms with Crippen molar-refractivity contribution in [1.29, 1.82) is 0 Å². The molecule has 4 aliphatic heterocycles. The monoisotopic (exact) mass is 843 g/mol. The summed E-state index contributed by atoms with van der Waals surface area (Å²) in [6.45, 7) is 5.47. The average molecular weight is 844 g/mol. The first-order valence-corrected chi connectivity index (χ1v) is 19.6. The minimum absolute atomic E-state index is 0.0109. The summed E-state index contributed by atoms with van der Waals surface area (Å²) in [5, 5.41) is 14.6. The predicted molar refractivity (Wildman–Crippen MR) is 195 cm³/mol. The topological polar surface area (TPSA) is 153 Å². The van der Waals surface area contributed by atoms with Crippen LogP contribution in [-0.2, 0) is 62.3 Å². The van der Waals surface area contributed by atoms with Gasteiger partial charge in [0.15, 0.2) is 11.8 Å². The van der Waals surface area contributed by atoms with Crippen LogP contribution in [0.2, 0.25) is 0 Å². The molecule has 284 valence electrons. The molecule has 53 heavy (non-hydrogen) atoms. The number of fused-ring (bicyclic) bond motifs is 5. The highest BCUT2D eigenvalue weighted by Gasteiger charge is 2.77. The van der Waals surface area contributed by atoms with Crippen molar-refractivity contribution in [2.75, 3.05) is 13.2 Å². The number of hydrogen-bond acceptors (Lipinski definition) is 11. The molecule has 2 amide bonds. The molecule has 8 rings (SSSR count). The fourth-order valence-electron chi connectivity index (χ4n) is 9.25. The predicted octanol–water partition coefficient (Wildman–Crippen LogP) is 2.96. The van der Waals surface area contributed by atoms with Crippen molar-refractivity contribution in [3.63, 3.8) is 0 Å². The maximum Gasteiger partial charge on any atom is 0.327 e. The van der Waals surface area contributed by atoms with Gasteiger partial charge in [-0.1, -0.05) is 36.4 Å². The summed E-state index contributed by atoms with van der Waals surface area (Å²) in [6.07, 6.45) is -0.639. The number of aliphatic hydroxyl groups excluding tert-OH is 1. The molecule has 13 nitrogen and oxygen atoms in total. The number of nitrogens with one attached hydrogen (secondary N) is 1. The van der Waals surface area contributed by atoms with Gasteiger partial charge < -0.3 is 34.3 Å². The number of aliphatic hydroxyl groups is 1. The number of carbonyl (C=O) groups excluding carboxylic acids is 4. The lowest BCUT2D eigenvalue weighted by Crippen LogP contribution is -2.70. The molecule has 6 aliphatic rings. The quantitative estimate of drug-likeness (QED) is 0.283. The highest BCUT2D eigenvalue weighted by molar-refractivity contribution is 14.1. The Morgan fingerprint density at radius 1 is 1.06 bits per heavy atom. The van der Waals surface area contributed by atoms with Crippen LogP contribution in [0.25, 0.3) is 0 Å². The van der Waals surface area contributed by atoms with E-state index in [2.05, 4.69) is 40.0 Å². The van der Waals surface area contributed by atoms with E-state index in [0.717, 1.165) is 20.3 Å². The first-order chi connectivity index (χ1) is 25.3. The molecule has 8 atom stereocenters. The molecular formula is C39H46IN3O10. The van der Waals surface area contributed by atoms with Crippen molar-refractivity contribution < 1.29 is 48.1 Å². The summed E-state index contributed by atoms with van der Waals surface area (Å²) in [5.41, 5.74) is 1.08. The number of rotatable bonds is 9. The minimum atomic E-state index is -1.42. The van der Waals surface area contributed by atoms with E-state index >= 15 is 4.79 Å². The highest BCUT2D eigenvalue weighted by Crippen LogP contribution is 2.59. The van der Waals surface area contributed by atoms with Crippen LogP contribution in [0.15, 0.2) is 48.5 Å². The first kappa shape index (κ1) is 36.8. The Kier molecular flexibility index (Phi) is 9.62. The van der Waals surface area contributed by atoms with E-state index in [1.165, 1.54) is 0 Å². The Hall–Kier alpha value is -3.15. The number of likely N-dealkylation sites (tertiary alicyclic amines) is 1. The zero-order chi connectivity index (χ0) is 37.3. The van der Waals surface area contributed by atoms with E-state index < -0.39 is 77.2 Å². The summed E-state index contributed by atoms with van der Waals surface area (Å²) in [5.74, 6) is -2.76. The van der Waals surface area contributed by atoms with Gasteiger partial charge in [-0.05, 0) is 91.4 Å². The molecule has 2 N–H and O–H groups in total. The molecule has 14 heteroatoms. The van der Waals surface area contributed by atoms with Gasteiger partial charge in [0.05, 0.1) is 19.2 Å². The molecule has 2 aromatic rings. The van der Waals surface area contributed by atoms with Gasteiger partial charge in [-0.15, -0.1) is 0 Å². The Labute approximate surface area is 322 Å². The van der Waals surface area contributed by atoms with Crippen LogP contribution in [0.3, 0.4) is 0 Å². The fourth-order valence-corrected chi connectivity index (χ4v) is 9.61. The third-order valence-electron chi connectivity index (χ3n) is 11.4. The summed E-state index contributed by atoms with van der Waals surface area (Å²) < 4.78 is 26.2. The Bertz CT molecular complexity index is 1760. The van der Waals surface area contributed by atoms with E-state index in [1.807, 2.05) is 36.4 Å². The normalized spacial score (nSPS) is 31.6. The van der Waals surface area contributed by atoms with Crippen LogP contribution >= 0.6 is 22.6 Å². The number of amides is 2. The molecule has 5 fully saturated rings. The summed E-state index contributed by atoms with van der Waals surface area (Å²) in [7, 11) is 0. The van der Waals surface area contributed by atoms with Crippen LogP contribution < -0.4 is 5.32 Å². The number of benzene rings is 2. The molecule has 4 heterocycles. The smallest absolute Gasteiger partial charge is 0.327 e. The Balaban J connectivity index is 1.08. The molecule has 2 bridgehead atoms. The number of ether oxygens (including phenoxy) is 4. The standard InChI is InChI=1S/C39H46IN3O10/c1-37(2,3)50-29(45)15-14-26(21-44)41-34(46)27-9-6-16-42(27)36(48)39-19-28-30-31(52-38(51-30)17-23-7-4-5-8-24(23)18-38)33(39)53-43(32(39)35(47)49-28)20-22-10-12-25(40)13-11-22/h4-5,7-8,10-13,26-28,30-33,44H,6,9,14-21H2,1-3H3,(H,41,46). The second-order valence-electron chi connectivity index (χ2n) is 16.2. The molecule has 4 saturated heterocycles. The van der Waals surface area contributed by atoms with E-state index in [9.17, 15) is 19.5 Å². The lowest BCUT2D eigenvalue weighted by molar-refractivity contribution is -0.218. The lowest BCUT2D eigenvalue weighted by atomic mass is 9.62. The largest absolute Gasteiger partial charge is 0.460 e. The first-order valence-electron chi connectivity index (χ1n) is 18.5. The number of hydroxylamine groups is 2. The third-order valence-corrected chi connectivity index (χ3v) is 12.2. The van der Waals surface area contributed by atoms with E-state index in [4.69, 9.17) is 23.8 Å². The molecule has 0 radical (unpaired) electrons. The maximum atomic E-state index is 15.3. The number of carbonyl (C=O) groups is 4. The molecule has 2 aromatic carbocycles. The van der Waals surface area contributed by atoms with Crippen molar-refractivity contribution in [1.82, 2.24) is 15.3 Å². The molecule has 2 aliphatic carbocycles. The van der Waals surface area contributed by atoms with Crippen molar-refractivity contribution in [2.24, 2.45) is 5.41 Å². The van der Waals surface area contributed by atoms with Gasteiger partial charge >= 0.3 is 11.9 Å². The number of nitrogens with zero attached hydrogens (tertiary/aromatic N) is 2. The van der Waals surface area contributed by atoms with Gasteiger partial charge in [0.1, 0.15) is 41.5 Å². The van der Waals surface area contributed by atoms with Crippen LogP contribution in [0.5, 0.6) is 0 Å². The van der Waals surface area contributed by atoms with Crippen LogP contribution in [0, 0.1) is 8.99 Å². The van der Waals surface area contributed by atoms with Gasteiger partial charge in [-0.3, -0.25) is 24.0 Å². The van der Waals surface area contributed by atoms with Gasteiger partial charge in [-0.25, -0.2) is 0 Å². The lowest BCUT2D eigenvalue weighted by Gasteiger charge is -2.50. The maximum absolute atomic E-state index is 15.3. The van der Waals surface area contributed by atoms with E-state index in [-0.39, 0.29) is 38.3 Å². The molecular weight excluding hydrogens is 797 g/mol. The van der Waals surface area contributed by atoms with Crippen molar-refractivity contribution >= 4 is 46.3 Å². The number of halogens is 1. The molecule has 8 unspecified atom stereocenters. The molecule has 1 saturated carbocycles. The molecule has 1 spiro atoms. The van der Waals surface area contributed by atoms with E-state index in [1.54, 1.807) is 30.7 Å². The Morgan fingerprint density at radius 2 is 1.75 bits per heavy atom. The van der Waals surface area contributed by atoms with Crippen LogP contribution in [0.4, 0.5) is 0 Å². The van der Waals surface area contributed by atoms with Crippen molar-refractivity contribution in [3.8, 4) is 0 Å². The van der Waals surface area contributed by atoms with Gasteiger partial charge in [0.2, 0.25) is 11.8 Å². The average Bonchev–Trinajstić information content (AvgIpc) is 3.89. The third kappa shape index (κ3) is 6.66. The zero-order valence-corrected chi connectivity index (χ0v) is 32.3. The Morgan fingerprint density at radius 3 is 2.43 bits per heavy atom. The number of esters is 2. The SMILES string of the molecule is CC(C)(C)OC(=O)CCC(CO)NC(=O)C1CCCN1C(=O)C12CC3OC(=O)C1N(Cc1ccc(I)cc1)OC2C1OC2(Cc4ccccc4C2)OC31. The van der Waals surface area contributed by atoms with Crippen LogP contribution in [0.1, 0.15) is 69.6 Å². The van der Waals surface area contributed by atoms with Gasteiger partial charge in [-0.2, -0.15) is 5.06 Å². The fraction of sp³-hybridized carbons (Fsp3) is 0.590. The summed E-state index contributed by atoms with van der Waals surface area (Å²) >= 11 is 2.24. The van der Waals surface area contributed by atoms with Crippen molar-refractivity contribution in [2.45, 2.75) is 126 Å². The summed E-state index contributed by atoms with van der Waals surface area (Å²) in [4.78, 5) is 64.0. The second-order valence-corrected chi connectivity index (χ2v) is 17.5. The summed E-state index contributed by atoms with van der Waals surface area (Å²) in [6, 6.07) is 13.3.